The smallest absolute Gasteiger partial charge is 0.305 e. The standard InChI is InChI=1S/C10H8F2N2O2/c11-7-3-6(5-13)4-8(12)10(7)14-2-1-9(15)16/h3-4,14H,1-2H2,(H,15,16). The Balaban J connectivity index is 2.81. The molecular formula is C10H8F2N2O2. The van der Waals surface area contributed by atoms with Gasteiger partial charge in [-0.2, -0.15) is 5.26 Å². The minimum atomic E-state index is -1.07. The minimum absolute atomic E-state index is 0.0882. The molecule has 0 saturated heterocycles. The number of carboxylic acid groups (broad SMARTS) is 1. The number of carbonyl (C=O) groups is 1. The quantitative estimate of drug-likeness (QED) is 0.819. The number of hydrogen-bond acceptors (Lipinski definition) is 3. The summed E-state index contributed by atoms with van der Waals surface area (Å²) in [6, 6.07) is 3.37. The van der Waals surface area contributed by atoms with Gasteiger partial charge in [-0.1, -0.05) is 0 Å². The number of rotatable bonds is 4. The minimum Gasteiger partial charge on any atom is -0.481 e. The molecule has 6 heteroatoms. The third-order valence-electron chi connectivity index (χ3n) is 1.81. The van der Waals surface area contributed by atoms with Crippen molar-refractivity contribution in [1.82, 2.24) is 0 Å². The number of nitrogens with zero attached hydrogens (tertiary/aromatic N) is 1. The van der Waals surface area contributed by atoms with Crippen LogP contribution in [0.2, 0.25) is 0 Å². The maximum absolute atomic E-state index is 13.2. The van der Waals surface area contributed by atoms with Crippen LogP contribution in [-0.4, -0.2) is 17.6 Å². The Kier molecular flexibility index (Phi) is 3.78. The molecule has 0 atom stereocenters. The zero-order valence-corrected chi connectivity index (χ0v) is 8.13. The summed E-state index contributed by atoms with van der Waals surface area (Å²) in [6.07, 6.45) is -0.251. The molecule has 2 N–H and O–H groups in total. The molecule has 1 aromatic rings. The van der Waals surface area contributed by atoms with Gasteiger partial charge in [0.25, 0.3) is 0 Å². The summed E-state index contributed by atoms with van der Waals surface area (Å²) in [5.41, 5.74) is -0.543. The molecule has 0 aromatic heterocycles. The molecule has 0 heterocycles. The van der Waals surface area contributed by atoms with Crippen molar-refractivity contribution in [3.05, 3.63) is 29.3 Å². The number of benzene rings is 1. The van der Waals surface area contributed by atoms with Crippen molar-refractivity contribution < 1.29 is 18.7 Å². The van der Waals surface area contributed by atoms with E-state index < -0.39 is 23.3 Å². The van der Waals surface area contributed by atoms with E-state index in [1.807, 2.05) is 0 Å². The zero-order chi connectivity index (χ0) is 12.1. The third-order valence-corrected chi connectivity index (χ3v) is 1.81. The first-order valence-electron chi connectivity index (χ1n) is 4.39. The number of nitriles is 1. The van der Waals surface area contributed by atoms with Crippen molar-refractivity contribution in [2.24, 2.45) is 0 Å². The summed E-state index contributed by atoms with van der Waals surface area (Å²) in [7, 11) is 0. The first-order valence-corrected chi connectivity index (χ1v) is 4.39. The highest BCUT2D eigenvalue weighted by molar-refractivity contribution is 5.67. The summed E-state index contributed by atoms with van der Waals surface area (Å²) in [6.45, 7) is -0.0882. The van der Waals surface area contributed by atoms with Crippen molar-refractivity contribution in [3.63, 3.8) is 0 Å². The van der Waals surface area contributed by atoms with E-state index >= 15 is 0 Å². The largest absolute Gasteiger partial charge is 0.481 e. The number of aliphatic carboxylic acids is 1. The normalized spacial score (nSPS) is 9.56. The molecule has 0 bridgehead atoms. The lowest BCUT2D eigenvalue weighted by Crippen LogP contribution is -2.10. The van der Waals surface area contributed by atoms with Crippen LogP contribution in [0, 0.1) is 23.0 Å². The van der Waals surface area contributed by atoms with Gasteiger partial charge >= 0.3 is 5.97 Å². The first-order chi connectivity index (χ1) is 7.54. The highest BCUT2D eigenvalue weighted by atomic mass is 19.1. The second-order valence-electron chi connectivity index (χ2n) is 3.00. The van der Waals surface area contributed by atoms with Gasteiger partial charge in [-0.25, -0.2) is 8.78 Å². The molecule has 84 valence electrons. The monoisotopic (exact) mass is 226 g/mol. The van der Waals surface area contributed by atoms with Gasteiger partial charge in [0.1, 0.15) is 5.69 Å². The van der Waals surface area contributed by atoms with Crippen molar-refractivity contribution in [2.45, 2.75) is 6.42 Å². The molecule has 0 spiro atoms. The molecule has 0 aliphatic carbocycles. The van der Waals surface area contributed by atoms with Crippen LogP contribution in [0.15, 0.2) is 12.1 Å². The fourth-order valence-corrected chi connectivity index (χ4v) is 1.10. The Morgan fingerprint density at radius 2 is 2.00 bits per heavy atom. The van der Waals surface area contributed by atoms with E-state index in [1.165, 1.54) is 0 Å². The molecule has 1 aromatic carbocycles. The summed E-state index contributed by atoms with van der Waals surface area (Å²) < 4.78 is 26.4. The fourth-order valence-electron chi connectivity index (χ4n) is 1.10. The third kappa shape index (κ3) is 2.92. The van der Waals surface area contributed by atoms with E-state index in [0.29, 0.717) is 0 Å². The maximum Gasteiger partial charge on any atom is 0.305 e. The van der Waals surface area contributed by atoms with Crippen molar-refractivity contribution >= 4 is 11.7 Å². The van der Waals surface area contributed by atoms with Crippen LogP contribution in [-0.2, 0) is 4.79 Å². The topological polar surface area (TPSA) is 73.1 Å². The lowest BCUT2D eigenvalue weighted by Gasteiger charge is -2.07. The molecule has 0 radical (unpaired) electrons. The zero-order valence-electron chi connectivity index (χ0n) is 8.13. The van der Waals surface area contributed by atoms with Gasteiger partial charge in [-0.3, -0.25) is 4.79 Å². The van der Waals surface area contributed by atoms with Crippen molar-refractivity contribution in [3.8, 4) is 6.07 Å². The number of halogens is 2. The van der Waals surface area contributed by atoms with Gasteiger partial charge in [0, 0.05) is 6.54 Å². The highest BCUT2D eigenvalue weighted by Crippen LogP contribution is 2.20. The first kappa shape index (κ1) is 11.9. The molecule has 0 amide bonds. The number of anilines is 1. The SMILES string of the molecule is N#Cc1cc(F)c(NCCC(=O)O)c(F)c1. The van der Waals surface area contributed by atoms with E-state index in [0.717, 1.165) is 12.1 Å². The predicted octanol–water partition coefficient (Wildman–Crippen LogP) is 1.72. The molecule has 0 unspecified atom stereocenters. The van der Waals surface area contributed by atoms with E-state index in [4.69, 9.17) is 10.4 Å². The Morgan fingerprint density at radius 1 is 1.44 bits per heavy atom. The summed E-state index contributed by atoms with van der Waals surface area (Å²) >= 11 is 0. The summed E-state index contributed by atoms with van der Waals surface area (Å²) in [4.78, 5) is 10.2. The molecule has 16 heavy (non-hydrogen) atoms. The second kappa shape index (κ2) is 5.07. The molecule has 0 aliphatic rings. The van der Waals surface area contributed by atoms with E-state index in [9.17, 15) is 13.6 Å². The molecule has 0 aliphatic heterocycles. The number of nitrogens with one attached hydrogen (secondary N) is 1. The van der Waals surface area contributed by atoms with Crippen LogP contribution >= 0.6 is 0 Å². The van der Waals surface area contributed by atoms with E-state index in [-0.39, 0.29) is 18.5 Å². The van der Waals surface area contributed by atoms with Gasteiger partial charge in [-0.15, -0.1) is 0 Å². The van der Waals surface area contributed by atoms with Crippen LogP contribution in [0.4, 0.5) is 14.5 Å². The lowest BCUT2D eigenvalue weighted by atomic mass is 10.2. The predicted molar refractivity (Wildman–Crippen MR) is 51.8 cm³/mol. The van der Waals surface area contributed by atoms with Gasteiger partial charge in [0.05, 0.1) is 18.1 Å². The van der Waals surface area contributed by atoms with Gasteiger partial charge in [-0.05, 0) is 12.1 Å². The van der Waals surface area contributed by atoms with Gasteiger partial charge in [0.2, 0.25) is 0 Å². The van der Waals surface area contributed by atoms with Crippen LogP contribution in [0.3, 0.4) is 0 Å². The van der Waals surface area contributed by atoms with Crippen LogP contribution < -0.4 is 5.32 Å². The fraction of sp³-hybridized carbons (Fsp3) is 0.200. The average Bonchev–Trinajstić information content (AvgIpc) is 2.21. The van der Waals surface area contributed by atoms with Crippen LogP contribution in [0.5, 0.6) is 0 Å². The Labute approximate surface area is 90.1 Å². The lowest BCUT2D eigenvalue weighted by molar-refractivity contribution is -0.136. The molecule has 0 fully saturated rings. The average molecular weight is 226 g/mol. The Morgan fingerprint density at radius 3 is 2.44 bits per heavy atom. The Bertz CT molecular complexity index is 432. The molecule has 4 nitrogen and oxygen atoms in total. The summed E-state index contributed by atoms with van der Waals surface area (Å²) in [5.74, 6) is -2.90. The van der Waals surface area contributed by atoms with Gasteiger partial charge < -0.3 is 10.4 Å². The molecule has 0 saturated carbocycles. The van der Waals surface area contributed by atoms with E-state index in [2.05, 4.69) is 5.32 Å². The number of carboxylic acids is 1. The maximum atomic E-state index is 13.2. The van der Waals surface area contributed by atoms with Crippen LogP contribution in [0.1, 0.15) is 12.0 Å². The molecule has 1 rings (SSSR count). The summed E-state index contributed by atoms with van der Waals surface area (Å²) in [5, 5.41) is 19.1. The molecular weight excluding hydrogens is 218 g/mol. The van der Waals surface area contributed by atoms with Crippen molar-refractivity contribution in [1.29, 1.82) is 5.26 Å². The highest BCUT2D eigenvalue weighted by Gasteiger charge is 2.10. The van der Waals surface area contributed by atoms with Crippen LogP contribution in [0.25, 0.3) is 0 Å². The number of hydrogen-bond donors (Lipinski definition) is 2. The van der Waals surface area contributed by atoms with Gasteiger partial charge in [0.15, 0.2) is 11.6 Å². The van der Waals surface area contributed by atoms with E-state index in [1.54, 1.807) is 6.07 Å². The second-order valence-corrected chi connectivity index (χ2v) is 3.00. The Hall–Kier alpha value is -2.16. The van der Waals surface area contributed by atoms with Crippen molar-refractivity contribution in [2.75, 3.05) is 11.9 Å².